The smallest absolute Gasteiger partial charge is 0.227 e. The molecule has 144 valence electrons. The van der Waals surface area contributed by atoms with Crippen molar-refractivity contribution < 1.29 is 9.47 Å². The quantitative estimate of drug-likeness (QED) is 0.801. The Morgan fingerprint density at radius 1 is 0.962 bits per heavy atom. The number of hydrogen-bond donors (Lipinski definition) is 0. The fourth-order valence-electron chi connectivity index (χ4n) is 4.27. The highest BCUT2D eigenvalue weighted by Crippen LogP contribution is 2.33. The molecule has 0 aliphatic carbocycles. The molecule has 0 bridgehead atoms. The van der Waals surface area contributed by atoms with E-state index in [2.05, 4.69) is 34.7 Å². The van der Waals surface area contributed by atoms with Crippen molar-refractivity contribution in [1.29, 1.82) is 0 Å². The molecule has 3 fully saturated rings. The normalized spacial score (nSPS) is 24.2. The minimum absolute atomic E-state index is 0.215. The Morgan fingerprint density at radius 3 is 2.42 bits per heavy atom. The second-order valence-corrected chi connectivity index (χ2v) is 7.65. The first-order valence-corrected chi connectivity index (χ1v) is 9.95. The molecule has 0 amide bonds. The lowest BCUT2D eigenvalue weighted by Gasteiger charge is -2.51. The van der Waals surface area contributed by atoms with Crippen LogP contribution in [0.15, 0.2) is 6.07 Å². The summed E-state index contributed by atoms with van der Waals surface area (Å²) in [5.41, 5.74) is 1.34. The summed E-state index contributed by atoms with van der Waals surface area (Å²) in [6, 6.07) is 2.18. The maximum Gasteiger partial charge on any atom is 0.227 e. The summed E-state index contributed by atoms with van der Waals surface area (Å²) >= 11 is 0. The van der Waals surface area contributed by atoms with Crippen molar-refractivity contribution in [2.24, 2.45) is 0 Å². The minimum atomic E-state index is 0.215. The van der Waals surface area contributed by atoms with E-state index in [1.165, 1.54) is 0 Å². The van der Waals surface area contributed by atoms with E-state index in [0.29, 0.717) is 0 Å². The third-order valence-electron chi connectivity index (χ3n) is 6.16. The molecule has 1 aromatic rings. The van der Waals surface area contributed by atoms with Gasteiger partial charge < -0.3 is 19.3 Å². The maximum atomic E-state index is 5.63. The topological polar surface area (TPSA) is 54.0 Å². The van der Waals surface area contributed by atoms with Crippen molar-refractivity contribution in [3.8, 4) is 0 Å². The van der Waals surface area contributed by atoms with E-state index in [4.69, 9.17) is 19.4 Å². The Bertz CT molecular complexity index is 614. The van der Waals surface area contributed by atoms with Crippen molar-refractivity contribution >= 4 is 11.8 Å². The number of hydrogen-bond acceptors (Lipinski definition) is 7. The van der Waals surface area contributed by atoms with Crippen LogP contribution in [0, 0.1) is 0 Å². The van der Waals surface area contributed by atoms with Gasteiger partial charge in [0.25, 0.3) is 0 Å². The van der Waals surface area contributed by atoms with Gasteiger partial charge in [0.15, 0.2) is 0 Å². The monoisotopic (exact) mass is 361 g/mol. The molecule has 1 spiro atoms. The summed E-state index contributed by atoms with van der Waals surface area (Å²) in [7, 11) is 2.26. The van der Waals surface area contributed by atoms with Crippen LogP contribution in [0.5, 0.6) is 0 Å². The zero-order chi connectivity index (χ0) is 18.0. The Kier molecular flexibility index (Phi) is 5.29. The van der Waals surface area contributed by atoms with Crippen LogP contribution in [0.4, 0.5) is 11.8 Å². The van der Waals surface area contributed by atoms with Gasteiger partial charge in [0, 0.05) is 63.2 Å². The highest BCUT2D eigenvalue weighted by Gasteiger charge is 2.41. The van der Waals surface area contributed by atoms with E-state index in [0.717, 1.165) is 95.9 Å². The Labute approximate surface area is 156 Å². The van der Waals surface area contributed by atoms with Gasteiger partial charge >= 0.3 is 0 Å². The second-order valence-electron chi connectivity index (χ2n) is 7.65. The van der Waals surface area contributed by atoms with E-state index in [1.54, 1.807) is 0 Å². The predicted octanol–water partition coefficient (Wildman–Crippen LogP) is 1.18. The number of morpholine rings is 1. The molecular weight excluding hydrogens is 330 g/mol. The molecule has 3 saturated heterocycles. The van der Waals surface area contributed by atoms with Crippen molar-refractivity contribution in [2.75, 3.05) is 76.0 Å². The Morgan fingerprint density at radius 2 is 1.69 bits per heavy atom. The van der Waals surface area contributed by atoms with Gasteiger partial charge in [-0.3, -0.25) is 4.90 Å². The number of likely N-dealkylation sites (N-methyl/N-ethyl adjacent to an activating group) is 1. The highest BCUT2D eigenvalue weighted by molar-refractivity contribution is 5.47. The largest absolute Gasteiger partial charge is 0.381 e. The van der Waals surface area contributed by atoms with E-state index < -0.39 is 0 Å². The van der Waals surface area contributed by atoms with Gasteiger partial charge in [0.2, 0.25) is 5.95 Å². The van der Waals surface area contributed by atoms with Crippen LogP contribution >= 0.6 is 0 Å². The summed E-state index contributed by atoms with van der Waals surface area (Å²) in [6.07, 6.45) is 3.13. The molecule has 0 atom stereocenters. The SMILES string of the molecule is CCc1cc(N2CCN(C)C3(CCOCC3)C2)nc(N2CCOCC2)n1. The minimum Gasteiger partial charge on any atom is -0.381 e. The van der Waals surface area contributed by atoms with E-state index >= 15 is 0 Å². The van der Waals surface area contributed by atoms with Crippen LogP contribution in [0.25, 0.3) is 0 Å². The molecule has 0 saturated carbocycles. The number of aromatic nitrogens is 2. The zero-order valence-corrected chi connectivity index (χ0v) is 16.1. The number of ether oxygens (including phenoxy) is 2. The van der Waals surface area contributed by atoms with Gasteiger partial charge in [-0.15, -0.1) is 0 Å². The highest BCUT2D eigenvalue weighted by atomic mass is 16.5. The van der Waals surface area contributed by atoms with Gasteiger partial charge in [0.1, 0.15) is 5.82 Å². The fourth-order valence-corrected chi connectivity index (χ4v) is 4.27. The van der Waals surface area contributed by atoms with Gasteiger partial charge in [0.05, 0.1) is 13.2 Å². The number of anilines is 2. The molecule has 3 aliphatic heterocycles. The molecule has 4 rings (SSSR count). The van der Waals surface area contributed by atoms with Crippen molar-refractivity contribution in [1.82, 2.24) is 14.9 Å². The van der Waals surface area contributed by atoms with Gasteiger partial charge in [-0.1, -0.05) is 6.92 Å². The summed E-state index contributed by atoms with van der Waals surface area (Å²) in [4.78, 5) is 17.0. The van der Waals surface area contributed by atoms with Crippen LogP contribution in [0.2, 0.25) is 0 Å². The molecule has 26 heavy (non-hydrogen) atoms. The second kappa shape index (κ2) is 7.66. The average molecular weight is 361 g/mol. The molecule has 4 heterocycles. The number of piperazine rings is 1. The maximum absolute atomic E-state index is 5.63. The van der Waals surface area contributed by atoms with Crippen LogP contribution in [0.3, 0.4) is 0 Å². The van der Waals surface area contributed by atoms with Crippen LogP contribution < -0.4 is 9.80 Å². The molecule has 0 N–H and O–H groups in total. The van der Waals surface area contributed by atoms with Crippen molar-refractivity contribution in [3.05, 3.63) is 11.8 Å². The number of aryl methyl sites for hydroxylation is 1. The fraction of sp³-hybridized carbons (Fsp3) is 0.789. The van der Waals surface area contributed by atoms with Gasteiger partial charge in [-0.05, 0) is 26.3 Å². The molecular formula is C19H31N5O2. The molecule has 1 aromatic heterocycles. The van der Waals surface area contributed by atoms with Crippen LogP contribution in [-0.4, -0.2) is 86.6 Å². The summed E-state index contributed by atoms with van der Waals surface area (Å²) < 4.78 is 11.1. The number of nitrogens with zero attached hydrogens (tertiary/aromatic N) is 5. The molecule has 7 nitrogen and oxygen atoms in total. The standard InChI is InChI=1S/C19H31N5O2/c1-3-16-14-17(21-18(20-16)23-8-12-26-13-9-23)24-7-6-22(2)19(15-24)4-10-25-11-5-19/h14H,3-13,15H2,1-2H3. The van der Waals surface area contributed by atoms with E-state index in [9.17, 15) is 0 Å². The number of rotatable bonds is 3. The average Bonchev–Trinajstić information content (AvgIpc) is 2.71. The molecule has 3 aliphatic rings. The first kappa shape index (κ1) is 17.9. The lowest BCUT2D eigenvalue weighted by atomic mass is 9.86. The van der Waals surface area contributed by atoms with E-state index in [-0.39, 0.29) is 5.54 Å². The first-order chi connectivity index (χ1) is 12.7. The third kappa shape index (κ3) is 3.52. The Hall–Kier alpha value is -1.44. The van der Waals surface area contributed by atoms with Crippen LogP contribution in [0.1, 0.15) is 25.5 Å². The summed E-state index contributed by atoms with van der Waals surface area (Å²) in [5, 5.41) is 0. The lowest BCUT2D eigenvalue weighted by Crippen LogP contribution is -2.63. The van der Waals surface area contributed by atoms with Gasteiger partial charge in [-0.2, -0.15) is 4.98 Å². The zero-order valence-electron chi connectivity index (χ0n) is 16.1. The first-order valence-electron chi connectivity index (χ1n) is 9.95. The predicted molar refractivity (Wildman–Crippen MR) is 102 cm³/mol. The van der Waals surface area contributed by atoms with E-state index in [1.807, 2.05) is 0 Å². The van der Waals surface area contributed by atoms with Gasteiger partial charge in [-0.25, -0.2) is 4.98 Å². The molecule has 0 aromatic carbocycles. The Balaban J connectivity index is 1.59. The molecule has 0 unspecified atom stereocenters. The molecule has 0 radical (unpaired) electrons. The third-order valence-corrected chi connectivity index (χ3v) is 6.16. The van der Waals surface area contributed by atoms with Crippen molar-refractivity contribution in [3.63, 3.8) is 0 Å². The summed E-state index contributed by atoms with van der Waals surface area (Å²) in [6.45, 7) is 10.3. The summed E-state index contributed by atoms with van der Waals surface area (Å²) in [5.74, 6) is 1.94. The lowest BCUT2D eigenvalue weighted by molar-refractivity contribution is -0.0221. The van der Waals surface area contributed by atoms with Crippen LogP contribution in [-0.2, 0) is 15.9 Å². The van der Waals surface area contributed by atoms with Crippen molar-refractivity contribution in [2.45, 2.75) is 31.7 Å². The molecule has 7 heteroatoms.